The molecule has 3 heteroatoms. The fourth-order valence-electron chi connectivity index (χ4n) is 1.86. The van der Waals surface area contributed by atoms with E-state index in [0.717, 1.165) is 23.6 Å². The number of aromatic nitrogens is 1. The van der Waals surface area contributed by atoms with Crippen LogP contribution in [0.25, 0.3) is 10.8 Å². The predicted molar refractivity (Wildman–Crippen MR) is 75.2 cm³/mol. The number of benzene rings is 1. The molecule has 94 valence electrons. The van der Waals surface area contributed by atoms with E-state index in [0.29, 0.717) is 11.9 Å². The zero-order chi connectivity index (χ0) is 12.8. The van der Waals surface area contributed by atoms with Crippen LogP contribution in [0.2, 0.25) is 0 Å². The Hall–Kier alpha value is -1.90. The number of aliphatic imine (C=N–C) groups is 1. The Morgan fingerprint density at radius 1 is 1.33 bits per heavy atom. The third kappa shape index (κ3) is 3.06. The number of hydrogen-bond acceptors (Lipinski definition) is 3. The van der Waals surface area contributed by atoms with Crippen LogP contribution < -0.4 is 4.74 Å². The molecule has 0 N–H and O–H groups in total. The first-order valence-corrected chi connectivity index (χ1v) is 6.33. The second-order valence-corrected chi connectivity index (χ2v) is 4.35. The minimum Gasteiger partial charge on any atom is -0.427 e. The molecule has 0 saturated heterocycles. The van der Waals surface area contributed by atoms with Gasteiger partial charge in [0, 0.05) is 11.6 Å². The van der Waals surface area contributed by atoms with Gasteiger partial charge in [0.2, 0.25) is 5.88 Å². The van der Waals surface area contributed by atoms with Gasteiger partial charge in [-0.3, -0.25) is 4.99 Å². The number of hydrogen-bond donors (Lipinski definition) is 0. The van der Waals surface area contributed by atoms with Crippen LogP contribution in [-0.4, -0.2) is 17.4 Å². The van der Waals surface area contributed by atoms with Crippen molar-refractivity contribution < 1.29 is 4.74 Å². The van der Waals surface area contributed by atoms with Gasteiger partial charge in [-0.15, -0.1) is 0 Å². The van der Waals surface area contributed by atoms with E-state index in [2.05, 4.69) is 23.8 Å². The van der Waals surface area contributed by atoms with Crippen LogP contribution in [0.4, 0.5) is 0 Å². The summed E-state index contributed by atoms with van der Waals surface area (Å²) in [4.78, 5) is 8.56. The summed E-state index contributed by atoms with van der Waals surface area (Å²) in [5.74, 6) is 0.612. The molecule has 0 aliphatic rings. The van der Waals surface area contributed by atoms with Gasteiger partial charge in [-0.2, -0.15) is 0 Å². The van der Waals surface area contributed by atoms with E-state index >= 15 is 0 Å². The molecular weight excluding hydrogens is 224 g/mol. The fraction of sp³-hybridized carbons (Fsp3) is 0.333. The van der Waals surface area contributed by atoms with Crippen molar-refractivity contribution in [2.75, 3.05) is 0 Å². The van der Waals surface area contributed by atoms with Crippen LogP contribution in [-0.2, 0) is 0 Å². The summed E-state index contributed by atoms with van der Waals surface area (Å²) in [5.41, 5.74) is 0. The highest BCUT2D eigenvalue weighted by Gasteiger charge is 2.01. The molecule has 1 unspecified atom stereocenters. The van der Waals surface area contributed by atoms with Gasteiger partial charge in [0.15, 0.2) is 6.40 Å². The lowest BCUT2D eigenvalue weighted by molar-refractivity contribution is 0.541. The molecule has 0 amide bonds. The maximum absolute atomic E-state index is 5.53. The summed E-state index contributed by atoms with van der Waals surface area (Å²) in [5, 5.41) is 2.13. The summed E-state index contributed by atoms with van der Waals surface area (Å²) < 4.78 is 5.53. The molecule has 1 aromatic carbocycles. The van der Waals surface area contributed by atoms with E-state index in [1.165, 1.54) is 6.40 Å². The minimum absolute atomic E-state index is 0.296. The van der Waals surface area contributed by atoms with E-state index in [1.807, 2.05) is 30.3 Å². The normalized spacial score (nSPS) is 13.0. The van der Waals surface area contributed by atoms with Gasteiger partial charge in [0.1, 0.15) is 0 Å². The number of rotatable bonds is 5. The van der Waals surface area contributed by atoms with Crippen LogP contribution in [0.1, 0.15) is 26.7 Å². The van der Waals surface area contributed by atoms with Gasteiger partial charge in [-0.05, 0) is 30.9 Å². The van der Waals surface area contributed by atoms with Crippen molar-refractivity contribution in [3.8, 4) is 5.88 Å². The highest BCUT2D eigenvalue weighted by molar-refractivity contribution is 5.87. The lowest BCUT2D eigenvalue weighted by Crippen LogP contribution is -2.01. The maximum Gasteiger partial charge on any atom is 0.228 e. The molecule has 0 bridgehead atoms. The van der Waals surface area contributed by atoms with Crippen LogP contribution >= 0.6 is 0 Å². The van der Waals surface area contributed by atoms with Crippen molar-refractivity contribution >= 4 is 17.2 Å². The van der Waals surface area contributed by atoms with Crippen molar-refractivity contribution in [1.29, 1.82) is 0 Å². The maximum atomic E-state index is 5.53. The zero-order valence-electron chi connectivity index (χ0n) is 10.8. The summed E-state index contributed by atoms with van der Waals surface area (Å²) in [7, 11) is 0. The van der Waals surface area contributed by atoms with E-state index < -0.39 is 0 Å². The molecule has 3 nitrogen and oxygen atoms in total. The molecule has 0 fully saturated rings. The molecule has 18 heavy (non-hydrogen) atoms. The van der Waals surface area contributed by atoms with E-state index in [-0.39, 0.29) is 0 Å². The summed E-state index contributed by atoms with van der Waals surface area (Å²) in [6.45, 7) is 4.24. The third-order valence-electron chi connectivity index (χ3n) is 2.82. The molecule has 0 aliphatic carbocycles. The quantitative estimate of drug-likeness (QED) is 0.590. The Balaban J connectivity index is 2.12. The molecule has 2 aromatic rings. The van der Waals surface area contributed by atoms with Crippen molar-refractivity contribution in [3.05, 3.63) is 36.5 Å². The topological polar surface area (TPSA) is 34.5 Å². The summed E-state index contributed by atoms with van der Waals surface area (Å²) in [6.07, 6.45) is 5.46. The second-order valence-electron chi connectivity index (χ2n) is 4.35. The highest BCUT2D eigenvalue weighted by Crippen LogP contribution is 2.21. The Labute approximate surface area is 108 Å². The minimum atomic E-state index is 0.296. The molecule has 0 aliphatic heterocycles. The monoisotopic (exact) mass is 242 g/mol. The predicted octanol–water partition coefficient (Wildman–Crippen LogP) is 3.83. The van der Waals surface area contributed by atoms with Gasteiger partial charge in [-0.25, -0.2) is 4.98 Å². The second kappa shape index (κ2) is 6.15. The molecule has 1 heterocycles. The average Bonchev–Trinajstić information content (AvgIpc) is 2.39. The van der Waals surface area contributed by atoms with Crippen molar-refractivity contribution in [2.45, 2.75) is 32.7 Å². The number of pyridine rings is 1. The van der Waals surface area contributed by atoms with Crippen LogP contribution in [0, 0.1) is 0 Å². The zero-order valence-corrected chi connectivity index (χ0v) is 10.8. The highest BCUT2D eigenvalue weighted by atomic mass is 16.5. The Bertz CT molecular complexity index is 532. The van der Waals surface area contributed by atoms with Gasteiger partial charge in [-0.1, -0.05) is 31.5 Å². The van der Waals surface area contributed by atoms with Crippen molar-refractivity contribution in [1.82, 2.24) is 4.98 Å². The van der Waals surface area contributed by atoms with Crippen molar-refractivity contribution in [3.63, 3.8) is 0 Å². The SMILES string of the molecule is CCCC(C)/N=C/Oc1nccc2ccccc12. The Kier molecular flexibility index (Phi) is 4.29. The standard InChI is InChI=1S/C15H18N2O/c1-3-6-12(2)17-11-18-15-14-8-5-4-7-13(14)9-10-16-15/h4-5,7-12H,3,6H2,1-2H3/b17-11+. The Morgan fingerprint density at radius 3 is 3.00 bits per heavy atom. The third-order valence-corrected chi connectivity index (χ3v) is 2.82. The van der Waals surface area contributed by atoms with E-state index in [9.17, 15) is 0 Å². The lowest BCUT2D eigenvalue weighted by Gasteiger charge is -2.05. The van der Waals surface area contributed by atoms with Crippen LogP contribution in [0.5, 0.6) is 5.88 Å². The van der Waals surface area contributed by atoms with Gasteiger partial charge < -0.3 is 4.74 Å². The molecule has 0 spiro atoms. The van der Waals surface area contributed by atoms with Crippen molar-refractivity contribution in [2.24, 2.45) is 4.99 Å². The molecule has 0 saturated carbocycles. The Morgan fingerprint density at radius 2 is 2.17 bits per heavy atom. The van der Waals surface area contributed by atoms with Gasteiger partial charge >= 0.3 is 0 Å². The average molecular weight is 242 g/mol. The number of ether oxygens (including phenoxy) is 1. The summed E-state index contributed by atoms with van der Waals surface area (Å²) in [6, 6.07) is 10.3. The summed E-state index contributed by atoms with van der Waals surface area (Å²) >= 11 is 0. The fourth-order valence-corrected chi connectivity index (χ4v) is 1.86. The molecule has 1 aromatic heterocycles. The van der Waals surface area contributed by atoms with Gasteiger partial charge in [0.25, 0.3) is 0 Å². The first kappa shape index (κ1) is 12.6. The lowest BCUT2D eigenvalue weighted by atomic mass is 10.2. The molecule has 0 radical (unpaired) electrons. The van der Waals surface area contributed by atoms with Crippen LogP contribution in [0.15, 0.2) is 41.5 Å². The number of fused-ring (bicyclic) bond motifs is 1. The smallest absolute Gasteiger partial charge is 0.228 e. The van der Waals surface area contributed by atoms with E-state index in [1.54, 1.807) is 6.20 Å². The first-order valence-electron chi connectivity index (χ1n) is 6.33. The first-order chi connectivity index (χ1) is 8.81. The van der Waals surface area contributed by atoms with Gasteiger partial charge in [0.05, 0.1) is 6.04 Å². The van der Waals surface area contributed by atoms with Crippen LogP contribution in [0.3, 0.4) is 0 Å². The molecule has 1 atom stereocenters. The van der Waals surface area contributed by atoms with E-state index in [4.69, 9.17) is 4.74 Å². The number of nitrogens with zero attached hydrogens (tertiary/aromatic N) is 2. The molecular formula is C15H18N2O. The largest absolute Gasteiger partial charge is 0.427 e. The molecule has 2 rings (SSSR count).